The van der Waals surface area contributed by atoms with Gasteiger partial charge < -0.3 is 15.0 Å². The van der Waals surface area contributed by atoms with Crippen LogP contribution in [0.2, 0.25) is 0 Å². The van der Waals surface area contributed by atoms with E-state index in [0.29, 0.717) is 29.6 Å². The Labute approximate surface area is 210 Å². The first kappa shape index (κ1) is 24.4. The summed E-state index contributed by atoms with van der Waals surface area (Å²) in [5.41, 5.74) is 3.25. The Morgan fingerprint density at radius 2 is 1.86 bits per heavy atom. The van der Waals surface area contributed by atoms with E-state index in [1.165, 1.54) is 4.90 Å². The van der Waals surface area contributed by atoms with Crippen LogP contribution in [0.15, 0.2) is 60.8 Å². The predicted molar refractivity (Wildman–Crippen MR) is 139 cm³/mol. The topological polar surface area (TPSA) is 79.7 Å². The molecule has 1 aromatic heterocycles. The lowest BCUT2D eigenvalue weighted by atomic mass is 10.1. The molecule has 1 unspecified atom stereocenters. The first-order valence-corrected chi connectivity index (χ1v) is 12.0. The molecule has 0 bridgehead atoms. The summed E-state index contributed by atoms with van der Waals surface area (Å²) in [4.78, 5) is 29.8. The Hall–Kier alpha value is -3.72. The molecule has 35 heavy (non-hydrogen) atoms. The first-order chi connectivity index (χ1) is 16.9. The normalized spacial score (nSPS) is 15.6. The smallest absolute Gasteiger partial charge is 0.256 e. The summed E-state index contributed by atoms with van der Waals surface area (Å²) < 4.78 is 7.37. The standard InChI is InChI=1S/C26H29N5O3S/c1-4-14-34-22-12-10-20(11-13-22)28-24(32)15-23-25(33)31(21-8-6-5-7-9-21)26(35)30(23)17-19-16-27-29(3)18(19)2/h5-13,16,23H,4,14-15,17H2,1-3H3,(H,28,32). The highest BCUT2D eigenvalue weighted by Gasteiger charge is 2.44. The minimum absolute atomic E-state index is 0.0320. The van der Waals surface area contributed by atoms with E-state index >= 15 is 0 Å². The van der Waals surface area contributed by atoms with Crippen molar-refractivity contribution in [2.45, 2.75) is 39.3 Å². The highest BCUT2D eigenvalue weighted by Crippen LogP contribution is 2.29. The summed E-state index contributed by atoms with van der Waals surface area (Å²) in [6, 6.07) is 15.7. The van der Waals surface area contributed by atoms with Crippen molar-refractivity contribution in [3.8, 4) is 5.75 Å². The second-order valence-electron chi connectivity index (χ2n) is 8.44. The molecule has 0 saturated carbocycles. The molecule has 1 aliphatic rings. The number of benzene rings is 2. The Morgan fingerprint density at radius 1 is 1.14 bits per heavy atom. The summed E-state index contributed by atoms with van der Waals surface area (Å²) in [5, 5.41) is 7.57. The van der Waals surface area contributed by atoms with Crippen molar-refractivity contribution >= 4 is 40.5 Å². The molecule has 2 amide bonds. The predicted octanol–water partition coefficient (Wildman–Crippen LogP) is 4.05. The number of hydrogen-bond acceptors (Lipinski definition) is 5. The third kappa shape index (κ3) is 5.35. The number of rotatable bonds is 9. The third-order valence-corrected chi connectivity index (χ3v) is 6.42. The number of hydrogen-bond donors (Lipinski definition) is 1. The second-order valence-corrected chi connectivity index (χ2v) is 8.80. The molecule has 1 fully saturated rings. The van der Waals surface area contributed by atoms with Crippen molar-refractivity contribution < 1.29 is 14.3 Å². The number of thiocarbonyl (C=S) groups is 1. The van der Waals surface area contributed by atoms with E-state index < -0.39 is 6.04 Å². The van der Waals surface area contributed by atoms with Crippen molar-refractivity contribution in [1.82, 2.24) is 14.7 Å². The van der Waals surface area contributed by atoms with Crippen molar-refractivity contribution in [3.05, 3.63) is 72.1 Å². The number of amides is 2. The minimum atomic E-state index is -0.727. The minimum Gasteiger partial charge on any atom is -0.494 e. The highest BCUT2D eigenvalue weighted by molar-refractivity contribution is 7.80. The van der Waals surface area contributed by atoms with Crippen molar-refractivity contribution in [1.29, 1.82) is 0 Å². The molecule has 9 heteroatoms. The van der Waals surface area contributed by atoms with Crippen LogP contribution in [0, 0.1) is 6.92 Å². The zero-order valence-corrected chi connectivity index (χ0v) is 20.9. The molecule has 182 valence electrons. The molecular weight excluding hydrogens is 462 g/mol. The summed E-state index contributed by atoms with van der Waals surface area (Å²) in [5.74, 6) is 0.259. The van der Waals surface area contributed by atoms with Gasteiger partial charge in [0.25, 0.3) is 5.91 Å². The maximum atomic E-state index is 13.5. The molecule has 0 radical (unpaired) electrons. The van der Waals surface area contributed by atoms with Gasteiger partial charge in [-0.15, -0.1) is 0 Å². The quantitative estimate of drug-likeness (QED) is 0.455. The molecule has 2 aromatic carbocycles. The molecule has 1 N–H and O–H groups in total. The molecule has 1 aliphatic heterocycles. The molecule has 3 aromatic rings. The number of carbonyl (C=O) groups excluding carboxylic acids is 2. The van der Waals surface area contributed by atoms with E-state index in [0.717, 1.165) is 23.4 Å². The van der Waals surface area contributed by atoms with Crippen molar-refractivity contribution in [2.24, 2.45) is 7.05 Å². The van der Waals surface area contributed by atoms with Crippen LogP contribution in [0.1, 0.15) is 31.0 Å². The maximum absolute atomic E-state index is 13.5. The van der Waals surface area contributed by atoms with Crippen LogP contribution in [0.5, 0.6) is 5.75 Å². The molecule has 1 atom stereocenters. The molecular formula is C26H29N5O3S. The number of carbonyl (C=O) groups is 2. The number of aromatic nitrogens is 2. The number of ether oxygens (including phenoxy) is 1. The monoisotopic (exact) mass is 491 g/mol. The Kier molecular flexibility index (Phi) is 7.45. The fourth-order valence-corrected chi connectivity index (χ4v) is 4.34. The molecule has 0 spiro atoms. The third-order valence-electron chi connectivity index (χ3n) is 6.00. The van der Waals surface area contributed by atoms with Crippen LogP contribution in [-0.4, -0.2) is 44.3 Å². The zero-order valence-electron chi connectivity index (χ0n) is 20.1. The van der Waals surface area contributed by atoms with Gasteiger partial charge in [0, 0.05) is 30.5 Å². The number of nitrogens with zero attached hydrogens (tertiary/aromatic N) is 4. The summed E-state index contributed by atoms with van der Waals surface area (Å²) >= 11 is 5.74. The van der Waals surface area contributed by atoms with Gasteiger partial charge in [-0.1, -0.05) is 25.1 Å². The van der Waals surface area contributed by atoms with Gasteiger partial charge in [-0.05, 0) is 62.0 Å². The van der Waals surface area contributed by atoms with E-state index in [-0.39, 0.29) is 18.2 Å². The van der Waals surface area contributed by atoms with Crippen LogP contribution in [0.25, 0.3) is 0 Å². The largest absolute Gasteiger partial charge is 0.494 e. The maximum Gasteiger partial charge on any atom is 0.256 e. The molecule has 1 saturated heterocycles. The number of para-hydroxylation sites is 1. The zero-order chi connectivity index (χ0) is 24.9. The summed E-state index contributed by atoms with van der Waals surface area (Å²) in [6.45, 7) is 5.03. The van der Waals surface area contributed by atoms with Crippen LogP contribution < -0.4 is 15.0 Å². The number of anilines is 2. The molecule has 0 aliphatic carbocycles. The fourth-order valence-electron chi connectivity index (χ4n) is 3.95. The lowest BCUT2D eigenvalue weighted by molar-refractivity contribution is -0.124. The average Bonchev–Trinajstić information content (AvgIpc) is 3.29. The van der Waals surface area contributed by atoms with E-state index in [1.54, 1.807) is 23.0 Å². The molecule has 8 nitrogen and oxygen atoms in total. The van der Waals surface area contributed by atoms with Gasteiger partial charge in [-0.2, -0.15) is 5.10 Å². The molecule has 4 rings (SSSR count). The Balaban J connectivity index is 1.53. The van der Waals surface area contributed by atoms with E-state index in [4.69, 9.17) is 17.0 Å². The van der Waals surface area contributed by atoms with Crippen molar-refractivity contribution in [3.63, 3.8) is 0 Å². The first-order valence-electron chi connectivity index (χ1n) is 11.6. The van der Waals surface area contributed by atoms with E-state index in [2.05, 4.69) is 10.4 Å². The summed E-state index contributed by atoms with van der Waals surface area (Å²) in [6.07, 6.45) is 2.66. The van der Waals surface area contributed by atoms with Crippen LogP contribution in [0.4, 0.5) is 11.4 Å². The number of nitrogens with one attached hydrogen (secondary N) is 1. The lowest BCUT2D eigenvalue weighted by Crippen LogP contribution is -2.37. The van der Waals surface area contributed by atoms with Crippen LogP contribution in [0.3, 0.4) is 0 Å². The SMILES string of the molecule is CCCOc1ccc(NC(=O)CC2C(=O)N(c3ccccc3)C(=S)N2Cc2cnn(C)c2C)cc1. The van der Waals surface area contributed by atoms with Gasteiger partial charge in [0.15, 0.2) is 5.11 Å². The van der Waals surface area contributed by atoms with Crippen molar-refractivity contribution in [2.75, 3.05) is 16.8 Å². The fraction of sp³-hybridized carbons (Fsp3) is 0.308. The highest BCUT2D eigenvalue weighted by atomic mass is 32.1. The van der Waals surface area contributed by atoms with Gasteiger partial charge >= 0.3 is 0 Å². The van der Waals surface area contributed by atoms with E-state index in [1.807, 2.05) is 68.3 Å². The number of aryl methyl sites for hydroxylation is 1. The average molecular weight is 492 g/mol. The van der Waals surface area contributed by atoms with Gasteiger partial charge in [0.2, 0.25) is 5.91 Å². The van der Waals surface area contributed by atoms with Gasteiger partial charge in [-0.25, -0.2) is 0 Å². The lowest BCUT2D eigenvalue weighted by Gasteiger charge is -2.23. The Bertz CT molecular complexity index is 1210. The summed E-state index contributed by atoms with van der Waals surface area (Å²) in [7, 11) is 1.87. The second kappa shape index (κ2) is 10.7. The van der Waals surface area contributed by atoms with Crippen LogP contribution in [-0.2, 0) is 23.2 Å². The Morgan fingerprint density at radius 3 is 2.49 bits per heavy atom. The van der Waals surface area contributed by atoms with E-state index in [9.17, 15) is 9.59 Å². The molecule has 2 heterocycles. The van der Waals surface area contributed by atoms with Gasteiger partial charge in [0.05, 0.1) is 24.9 Å². The van der Waals surface area contributed by atoms with Gasteiger partial charge in [0.1, 0.15) is 11.8 Å². The van der Waals surface area contributed by atoms with Crippen LogP contribution >= 0.6 is 12.2 Å². The van der Waals surface area contributed by atoms with Gasteiger partial charge in [-0.3, -0.25) is 19.2 Å².